The molecule has 0 saturated carbocycles. The van der Waals surface area contributed by atoms with Gasteiger partial charge in [-0.25, -0.2) is 0 Å². The number of esters is 2. The Morgan fingerprint density at radius 1 is 1.02 bits per heavy atom. The second-order valence-corrected chi connectivity index (χ2v) is 11.4. The molecule has 0 radical (unpaired) electrons. The molecule has 2 heterocycles. The molecule has 1 aromatic heterocycles. The van der Waals surface area contributed by atoms with Gasteiger partial charge in [0, 0.05) is 38.9 Å². The molecule has 5 rings (SSSR count). The lowest BCUT2D eigenvalue weighted by molar-refractivity contribution is -0.187. The Morgan fingerprint density at radius 2 is 1.68 bits per heavy atom. The van der Waals surface area contributed by atoms with Gasteiger partial charge in [-0.2, -0.15) is 0 Å². The zero-order valence-electron chi connectivity index (χ0n) is 24.6. The number of hydrogen-bond donors (Lipinski definition) is 0. The topological polar surface area (TPSA) is 96.3 Å². The van der Waals surface area contributed by atoms with Gasteiger partial charge in [0.15, 0.2) is 12.2 Å². The van der Waals surface area contributed by atoms with Crippen molar-refractivity contribution in [2.45, 2.75) is 51.9 Å². The molecule has 0 N–H and O–H groups in total. The predicted octanol–water partition coefficient (Wildman–Crippen LogP) is 4.88. The van der Waals surface area contributed by atoms with Crippen molar-refractivity contribution in [3.8, 4) is 11.5 Å². The molecular formula is C32H36N2O7. The minimum Gasteiger partial charge on any atom is -0.493 e. The molecule has 0 fully saturated rings. The Labute approximate surface area is 238 Å². The molecular weight excluding hydrogens is 524 g/mol. The van der Waals surface area contributed by atoms with Crippen molar-refractivity contribution in [3.63, 3.8) is 0 Å². The molecule has 4 aromatic rings. The molecule has 9 nitrogen and oxygen atoms in total. The third-order valence-electron chi connectivity index (χ3n) is 7.51. The first-order valence-corrected chi connectivity index (χ1v) is 13.7. The lowest BCUT2D eigenvalue weighted by atomic mass is 9.86. The highest BCUT2D eigenvalue weighted by molar-refractivity contribution is 6.04. The average Bonchev–Trinajstić information content (AvgIpc) is 2.89. The Morgan fingerprint density at radius 3 is 2.32 bits per heavy atom. The van der Waals surface area contributed by atoms with Gasteiger partial charge in [0.25, 0.3) is 0 Å². The number of aryl methyl sites for hydroxylation is 1. The number of fused-ring (bicyclic) bond motifs is 5. The molecule has 216 valence electrons. The van der Waals surface area contributed by atoms with Crippen LogP contribution in [0.4, 0.5) is 0 Å². The molecule has 0 aliphatic carbocycles. The summed E-state index contributed by atoms with van der Waals surface area (Å²) in [6.07, 6.45) is -1.24. The van der Waals surface area contributed by atoms with Crippen LogP contribution >= 0.6 is 0 Å². The molecule has 1 aliphatic rings. The fourth-order valence-electron chi connectivity index (χ4n) is 5.72. The molecule has 0 saturated heterocycles. The van der Waals surface area contributed by atoms with E-state index in [9.17, 15) is 14.4 Å². The molecule has 0 bridgehead atoms. The number of benzene rings is 3. The summed E-state index contributed by atoms with van der Waals surface area (Å²) in [4.78, 5) is 41.0. The van der Waals surface area contributed by atoms with Crippen molar-refractivity contribution >= 4 is 44.5 Å². The first kappa shape index (κ1) is 28.4. The van der Waals surface area contributed by atoms with Crippen LogP contribution in [0.25, 0.3) is 32.6 Å². The fourth-order valence-corrected chi connectivity index (χ4v) is 5.72. The zero-order valence-corrected chi connectivity index (χ0v) is 24.6. The summed E-state index contributed by atoms with van der Waals surface area (Å²) in [5.41, 5.74) is 0.386. The predicted molar refractivity (Wildman–Crippen MR) is 158 cm³/mol. The van der Waals surface area contributed by atoms with Crippen LogP contribution in [0.15, 0.2) is 47.3 Å². The lowest BCUT2D eigenvalue weighted by Crippen LogP contribution is -2.52. The lowest BCUT2D eigenvalue weighted by Gasteiger charge is -2.43. The normalized spacial score (nSPS) is 17.9. The smallest absolute Gasteiger partial charge is 0.303 e. The van der Waals surface area contributed by atoms with Crippen LogP contribution in [0.2, 0.25) is 0 Å². The van der Waals surface area contributed by atoms with Crippen molar-refractivity contribution in [1.29, 1.82) is 0 Å². The maximum atomic E-state index is 14.3. The largest absolute Gasteiger partial charge is 0.493 e. The zero-order chi connectivity index (χ0) is 29.6. The van der Waals surface area contributed by atoms with E-state index in [1.54, 1.807) is 19.9 Å². The quantitative estimate of drug-likeness (QED) is 0.179. The second-order valence-electron chi connectivity index (χ2n) is 11.4. The van der Waals surface area contributed by atoms with Crippen molar-refractivity contribution in [2.75, 3.05) is 27.2 Å². The van der Waals surface area contributed by atoms with Gasteiger partial charge in [0.2, 0.25) is 5.43 Å². The van der Waals surface area contributed by atoms with Crippen LogP contribution in [-0.4, -0.2) is 60.4 Å². The van der Waals surface area contributed by atoms with E-state index < -0.39 is 29.7 Å². The molecule has 0 unspecified atom stereocenters. The van der Waals surface area contributed by atoms with E-state index in [2.05, 4.69) is 4.90 Å². The van der Waals surface area contributed by atoms with Gasteiger partial charge in [0.1, 0.15) is 17.1 Å². The summed E-state index contributed by atoms with van der Waals surface area (Å²) in [7, 11) is 5.84. The van der Waals surface area contributed by atoms with E-state index in [0.717, 1.165) is 23.7 Å². The van der Waals surface area contributed by atoms with Gasteiger partial charge >= 0.3 is 11.9 Å². The van der Waals surface area contributed by atoms with Crippen molar-refractivity contribution in [3.05, 3.63) is 58.3 Å². The molecule has 1 aliphatic heterocycles. The van der Waals surface area contributed by atoms with Crippen LogP contribution < -0.4 is 14.9 Å². The highest BCUT2D eigenvalue weighted by atomic mass is 16.6. The highest BCUT2D eigenvalue weighted by Crippen LogP contribution is 2.49. The van der Waals surface area contributed by atoms with Crippen LogP contribution in [0.1, 0.15) is 45.8 Å². The van der Waals surface area contributed by atoms with E-state index in [-0.39, 0.29) is 5.43 Å². The number of nitrogens with zero attached hydrogens (tertiary/aromatic N) is 2. The average molecular weight is 561 g/mol. The first-order valence-electron chi connectivity index (χ1n) is 13.7. The molecule has 0 amide bonds. The van der Waals surface area contributed by atoms with Crippen LogP contribution in [0, 0.1) is 0 Å². The van der Waals surface area contributed by atoms with Gasteiger partial charge in [-0.05, 0) is 57.3 Å². The summed E-state index contributed by atoms with van der Waals surface area (Å²) in [5, 5.41) is 2.81. The maximum Gasteiger partial charge on any atom is 0.303 e. The van der Waals surface area contributed by atoms with E-state index in [4.69, 9.17) is 18.9 Å². The second kappa shape index (κ2) is 10.7. The number of carbonyl (C=O) groups is 2. The Balaban J connectivity index is 1.87. The SMILES string of the molecule is CC(=O)O[C@@H]1c2c(cc(OCCCN(C)C)c3c(=O)c4cc5ccccc5cc4n(C)c23)OC(C)(C)[C@@H]1OC(C)=O. The summed E-state index contributed by atoms with van der Waals surface area (Å²) < 4.78 is 26.2. The van der Waals surface area contributed by atoms with E-state index in [0.29, 0.717) is 45.5 Å². The number of rotatable bonds is 7. The van der Waals surface area contributed by atoms with Crippen LogP contribution in [0.3, 0.4) is 0 Å². The molecule has 41 heavy (non-hydrogen) atoms. The Kier molecular flexibility index (Phi) is 7.42. The van der Waals surface area contributed by atoms with Gasteiger partial charge < -0.3 is 28.4 Å². The fraction of sp³-hybridized carbons (Fsp3) is 0.406. The standard InChI is InChI=1S/C32H36N2O7/c1-18(35)39-30-27-25(41-32(3,4)31(30)40-19(2)36)17-24(38-14-10-13-33(5)6)26-28(27)34(7)23-16-21-12-9-8-11-20(21)15-22(23)29(26)37/h8-9,11-12,15-17,30-31H,10,13-14H2,1-7H3/t30-,31-/m1/s1. The summed E-state index contributed by atoms with van der Waals surface area (Å²) >= 11 is 0. The van der Waals surface area contributed by atoms with Crippen LogP contribution in [-0.2, 0) is 26.1 Å². The third-order valence-corrected chi connectivity index (χ3v) is 7.51. The van der Waals surface area contributed by atoms with E-state index in [1.165, 1.54) is 13.8 Å². The molecule has 2 atom stereocenters. The van der Waals surface area contributed by atoms with E-state index in [1.807, 2.05) is 62.1 Å². The summed E-state index contributed by atoms with van der Waals surface area (Å²) in [6.45, 7) is 7.35. The number of carbonyl (C=O) groups excluding carboxylic acids is 2. The minimum atomic E-state index is -1.05. The molecule has 0 spiro atoms. The highest BCUT2D eigenvalue weighted by Gasteiger charge is 2.50. The Bertz CT molecular complexity index is 1740. The van der Waals surface area contributed by atoms with Gasteiger partial charge in [-0.3, -0.25) is 14.4 Å². The third kappa shape index (κ3) is 5.22. The maximum absolute atomic E-state index is 14.3. The van der Waals surface area contributed by atoms with Gasteiger partial charge in [-0.1, -0.05) is 24.3 Å². The minimum absolute atomic E-state index is 0.209. The van der Waals surface area contributed by atoms with Crippen molar-refractivity contribution < 1.29 is 28.5 Å². The van der Waals surface area contributed by atoms with Crippen molar-refractivity contribution in [2.24, 2.45) is 7.05 Å². The summed E-state index contributed by atoms with van der Waals surface area (Å²) in [5.74, 6) is -0.306. The van der Waals surface area contributed by atoms with Gasteiger partial charge in [0.05, 0.1) is 28.6 Å². The van der Waals surface area contributed by atoms with Crippen molar-refractivity contribution in [1.82, 2.24) is 9.47 Å². The first-order chi connectivity index (χ1) is 19.4. The molecule has 9 heteroatoms. The van der Waals surface area contributed by atoms with E-state index >= 15 is 0 Å². The summed E-state index contributed by atoms with van der Waals surface area (Å²) in [6, 6.07) is 13.4. The van der Waals surface area contributed by atoms with Crippen LogP contribution in [0.5, 0.6) is 11.5 Å². The number of ether oxygens (including phenoxy) is 4. The van der Waals surface area contributed by atoms with Gasteiger partial charge in [-0.15, -0.1) is 0 Å². The monoisotopic (exact) mass is 560 g/mol. The number of pyridine rings is 1. The number of aromatic nitrogens is 1. The number of hydrogen-bond acceptors (Lipinski definition) is 8. The molecule has 3 aromatic carbocycles. The Hall–Kier alpha value is -4.11.